The lowest BCUT2D eigenvalue weighted by Gasteiger charge is -2.14. The zero-order chi connectivity index (χ0) is 22.5. The Morgan fingerprint density at radius 3 is 2.28 bits per heavy atom. The first kappa shape index (κ1) is 22.2. The van der Waals surface area contributed by atoms with Crippen LogP contribution in [0.2, 0.25) is 0 Å². The molecular weight excluding hydrogens is 444 g/mol. The Bertz CT molecular complexity index is 1170. The molecule has 7 nitrogen and oxygen atoms in total. The molecule has 4 aromatic rings. The molecule has 2 aromatic heterocycles. The van der Waals surface area contributed by atoms with Gasteiger partial charge in [-0.05, 0) is 19.1 Å². The van der Waals surface area contributed by atoms with Crippen molar-refractivity contribution in [2.45, 2.75) is 24.4 Å². The molecule has 0 fully saturated rings. The summed E-state index contributed by atoms with van der Waals surface area (Å²) in [6.07, 6.45) is 0. The smallest absolute Gasteiger partial charge is 0.203 e. The number of thioether (sulfide) groups is 1. The topological polar surface area (TPSA) is 71.3 Å². The maximum Gasteiger partial charge on any atom is 0.203 e. The molecule has 0 aliphatic carbocycles. The van der Waals surface area contributed by atoms with Crippen molar-refractivity contribution in [2.75, 3.05) is 21.3 Å². The number of nitrogens with zero attached hydrogens (tertiary/aromatic N) is 4. The zero-order valence-electron chi connectivity index (χ0n) is 18.4. The average molecular weight is 469 g/mol. The van der Waals surface area contributed by atoms with E-state index < -0.39 is 0 Å². The average Bonchev–Trinajstić information content (AvgIpc) is 3.49. The first-order valence-corrected chi connectivity index (χ1v) is 11.9. The molecule has 32 heavy (non-hydrogen) atoms. The number of benzene rings is 2. The van der Waals surface area contributed by atoms with E-state index in [0.29, 0.717) is 17.2 Å². The number of methoxy groups -OCH3 is 3. The molecule has 9 heteroatoms. The van der Waals surface area contributed by atoms with E-state index in [1.54, 1.807) is 44.4 Å². The normalized spacial score (nSPS) is 10.9. The Labute approximate surface area is 195 Å². The summed E-state index contributed by atoms with van der Waals surface area (Å²) in [5, 5.41) is 12.8. The van der Waals surface area contributed by atoms with Gasteiger partial charge in [0, 0.05) is 28.8 Å². The van der Waals surface area contributed by atoms with E-state index in [1.807, 2.05) is 30.3 Å². The molecule has 0 saturated heterocycles. The maximum atomic E-state index is 5.49. The van der Waals surface area contributed by atoms with Crippen molar-refractivity contribution in [3.8, 4) is 39.2 Å². The van der Waals surface area contributed by atoms with Crippen LogP contribution in [0.1, 0.15) is 12.6 Å². The number of thiazole rings is 1. The molecule has 0 unspecified atom stereocenters. The van der Waals surface area contributed by atoms with Crippen molar-refractivity contribution < 1.29 is 14.2 Å². The molecule has 0 N–H and O–H groups in total. The van der Waals surface area contributed by atoms with E-state index in [-0.39, 0.29) is 0 Å². The van der Waals surface area contributed by atoms with Crippen LogP contribution in [0.5, 0.6) is 17.2 Å². The number of aromatic nitrogens is 4. The van der Waals surface area contributed by atoms with Gasteiger partial charge in [-0.1, -0.05) is 42.1 Å². The Balaban J connectivity index is 1.57. The summed E-state index contributed by atoms with van der Waals surface area (Å²) in [7, 11) is 4.79. The van der Waals surface area contributed by atoms with Gasteiger partial charge < -0.3 is 18.8 Å². The van der Waals surface area contributed by atoms with Gasteiger partial charge in [0.25, 0.3) is 0 Å². The van der Waals surface area contributed by atoms with Gasteiger partial charge >= 0.3 is 0 Å². The van der Waals surface area contributed by atoms with Crippen molar-refractivity contribution in [3.05, 3.63) is 53.5 Å². The van der Waals surface area contributed by atoms with Crippen molar-refractivity contribution in [2.24, 2.45) is 0 Å². The van der Waals surface area contributed by atoms with Crippen molar-refractivity contribution >= 4 is 23.1 Å². The predicted octanol–water partition coefficient (Wildman–Crippen LogP) is 5.41. The number of ether oxygens (including phenoxy) is 3. The molecule has 0 atom stereocenters. The van der Waals surface area contributed by atoms with Gasteiger partial charge in [0.15, 0.2) is 22.5 Å². The first-order valence-electron chi connectivity index (χ1n) is 10.0. The molecule has 0 bridgehead atoms. The number of hydrogen-bond donors (Lipinski definition) is 0. The fourth-order valence-corrected chi connectivity index (χ4v) is 5.16. The third-order valence-electron chi connectivity index (χ3n) is 4.88. The van der Waals surface area contributed by atoms with Gasteiger partial charge in [0.05, 0.1) is 27.0 Å². The highest BCUT2D eigenvalue weighted by molar-refractivity contribution is 7.98. The number of hydrogen-bond acceptors (Lipinski definition) is 8. The van der Waals surface area contributed by atoms with Crippen molar-refractivity contribution in [1.82, 2.24) is 19.7 Å². The highest BCUT2D eigenvalue weighted by atomic mass is 32.2. The van der Waals surface area contributed by atoms with E-state index in [1.165, 1.54) is 0 Å². The van der Waals surface area contributed by atoms with Gasteiger partial charge in [0.2, 0.25) is 5.75 Å². The van der Waals surface area contributed by atoms with Crippen LogP contribution in [0.15, 0.2) is 53.0 Å². The van der Waals surface area contributed by atoms with E-state index in [4.69, 9.17) is 19.2 Å². The molecule has 0 aliphatic heterocycles. The summed E-state index contributed by atoms with van der Waals surface area (Å²) in [6, 6.07) is 14.0. The lowest BCUT2D eigenvalue weighted by molar-refractivity contribution is 0.324. The van der Waals surface area contributed by atoms with E-state index in [9.17, 15) is 0 Å². The quantitative estimate of drug-likeness (QED) is 0.304. The minimum atomic E-state index is 0.550. The summed E-state index contributed by atoms with van der Waals surface area (Å²) in [5.41, 5.74) is 3.01. The second-order valence-electron chi connectivity index (χ2n) is 6.76. The SMILES string of the molecule is CCn1c(SCc2csc(-c3ccccc3)n2)nnc1-c1cc(OC)c(OC)c(OC)c1. The fourth-order valence-electron chi connectivity index (χ4n) is 3.33. The fraction of sp³-hybridized carbons (Fsp3) is 0.261. The molecule has 4 rings (SSSR count). The Kier molecular flexibility index (Phi) is 6.96. The second-order valence-corrected chi connectivity index (χ2v) is 8.56. The molecule has 0 spiro atoms. The molecule has 0 amide bonds. The minimum Gasteiger partial charge on any atom is -0.493 e. The van der Waals surface area contributed by atoms with Gasteiger partial charge in [0.1, 0.15) is 5.01 Å². The summed E-state index contributed by atoms with van der Waals surface area (Å²) in [4.78, 5) is 4.77. The molecule has 0 saturated carbocycles. The van der Waals surface area contributed by atoms with Crippen LogP contribution in [0.4, 0.5) is 0 Å². The van der Waals surface area contributed by atoms with Gasteiger partial charge in [-0.15, -0.1) is 21.5 Å². The Morgan fingerprint density at radius 2 is 1.66 bits per heavy atom. The van der Waals surface area contributed by atoms with E-state index in [0.717, 1.165) is 45.1 Å². The summed E-state index contributed by atoms with van der Waals surface area (Å²) >= 11 is 3.28. The Hall–Kier alpha value is -3.04. The molecule has 2 heterocycles. The van der Waals surface area contributed by atoms with Crippen LogP contribution in [0, 0.1) is 0 Å². The minimum absolute atomic E-state index is 0.550. The van der Waals surface area contributed by atoms with Gasteiger partial charge in [-0.3, -0.25) is 0 Å². The second kappa shape index (κ2) is 10.1. The first-order chi connectivity index (χ1) is 15.7. The highest BCUT2D eigenvalue weighted by Gasteiger charge is 2.19. The van der Waals surface area contributed by atoms with E-state index >= 15 is 0 Å². The van der Waals surface area contributed by atoms with Crippen molar-refractivity contribution in [3.63, 3.8) is 0 Å². The third kappa shape index (κ3) is 4.44. The molecule has 0 aliphatic rings. The molecule has 2 aromatic carbocycles. The van der Waals surface area contributed by atoms with Crippen LogP contribution in [0.25, 0.3) is 22.0 Å². The Morgan fingerprint density at radius 1 is 0.938 bits per heavy atom. The van der Waals surface area contributed by atoms with Crippen LogP contribution >= 0.6 is 23.1 Å². The highest BCUT2D eigenvalue weighted by Crippen LogP contribution is 2.41. The standard InChI is InChI=1S/C23H24N4O3S2/c1-5-27-21(16-11-18(28-2)20(30-4)19(12-16)29-3)25-26-23(27)32-14-17-13-31-22(24-17)15-9-7-6-8-10-15/h6-13H,5,14H2,1-4H3. The molecular formula is C23H24N4O3S2. The summed E-state index contributed by atoms with van der Waals surface area (Å²) in [6.45, 7) is 2.80. The predicted molar refractivity (Wildman–Crippen MR) is 128 cm³/mol. The van der Waals surface area contributed by atoms with E-state index in [2.05, 4.69) is 39.2 Å². The lowest BCUT2D eigenvalue weighted by atomic mass is 10.1. The summed E-state index contributed by atoms with van der Waals surface area (Å²) < 4.78 is 18.5. The zero-order valence-corrected chi connectivity index (χ0v) is 20.0. The van der Waals surface area contributed by atoms with Crippen LogP contribution in [-0.2, 0) is 12.3 Å². The van der Waals surface area contributed by atoms with Crippen LogP contribution in [0.3, 0.4) is 0 Å². The number of rotatable bonds is 9. The molecule has 0 radical (unpaired) electrons. The lowest BCUT2D eigenvalue weighted by Crippen LogP contribution is -2.01. The van der Waals surface area contributed by atoms with Gasteiger partial charge in [-0.2, -0.15) is 0 Å². The van der Waals surface area contributed by atoms with Crippen LogP contribution in [-0.4, -0.2) is 41.1 Å². The van der Waals surface area contributed by atoms with Gasteiger partial charge in [-0.25, -0.2) is 4.98 Å². The van der Waals surface area contributed by atoms with Crippen molar-refractivity contribution in [1.29, 1.82) is 0 Å². The summed E-state index contributed by atoms with van der Waals surface area (Å²) in [5.74, 6) is 3.18. The largest absolute Gasteiger partial charge is 0.493 e. The third-order valence-corrected chi connectivity index (χ3v) is 6.82. The van der Waals surface area contributed by atoms with Crippen LogP contribution < -0.4 is 14.2 Å². The molecule has 166 valence electrons. The monoisotopic (exact) mass is 468 g/mol. The maximum absolute atomic E-state index is 5.49.